The maximum absolute atomic E-state index is 12.3. The third kappa shape index (κ3) is 4.41. The fourth-order valence-corrected chi connectivity index (χ4v) is 4.02. The van der Waals surface area contributed by atoms with Crippen LogP contribution < -0.4 is 5.32 Å². The van der Waals surface area contributed by atoms with E-state index in [1.165, 1.54) is 0 Å². The maximum Gasteiger partial charge on any atom is 0.410 e. The number of carbonyl (C=O) groups is 2. The number of nitrogens with one attached hydrogen (secondary N) is 1. The first-order chi connectivity index (χ1) is 13.8. The van der Waals surface area contributed by atoms with Gasteiger partial charge in [-0.2, -0.15) is 0 Å². The van der Waals surface area contributed by atoms with Crippen molar-refractivity contribution < 1.29 is 18.8 Å². The SMILES string of the molecule is CC(C)(C)OC(=O)N1C[C@@H]2C(CCNC(=O)c3cc(-c4cccnc4)on3)[C@@H]2C1. The van der Waals surface area contributed by atoms with E-state index in [2.05, 4.69) is 15.5 Å². The summed E-state index contributed by atoms with van der Waals surface area (Å²) >= 11 is 0. The molecule has 8 nitrogen and oxygen atoms in total. The molecule has 8 heteroatoms. The highest BCUT2D eigenvalue weighted by Gasteiger charge is 2.56. The number of amides is 2. The summed E-state index contributed by atoms with van der Waals surface area (Å²) in [5, 5.41) is 6.76. The number of rotatable bonds is 5. The Hall–Kier alpha value is -2.90. The molecule has 2 fully saturated rings. The van der Waals surface area contributed by atoms with Crippen molar-refractivity contribution in [3.63, 3.8) is 0 Å². The van der Waals surface area contributed by atoms with Crippen molar-refractivity contribution in [3.8, 4) is 11.3 Å². The molecule has 0 bridgehead atoms. The molecule has 1 saturated carbocycles. The number of nitrogens with zero attached hydrogens (tertiary/aromatic N) is 3. The highest BCUT2D eigenvalue weighted by molar-refractivity contribution is 5.93. The van der Waals surface area contributed by atoms with Gasteiger partial charge in [-0.25, -0.2) is 4.79 Å². The molecule has 0 aromatic carbocycles. The summed E-state index contributed by atoms with van der Waals surface area (Å²) in [6, 6.07) is 5.27. The molecule has 29 heavy (non-hydrogen) atoms. The number of hydrogen-bond acceptors (Lipinski definition) is 6. The van der Waals surface area contributed by atoms with Gasteiger partial charge in [0, 0.05) is 43.7 Å². The van der Waals surface area contributed by atoms with E-state index in [1.54, 1.807) is 29.4 Å². The minimum Gasteiger partial charge on any atom is -0.444 e. The van der Waals surface area contributed by atoms with Gasteiger partial charge in [-0.15, -0.1) is 0 Å². The van der Waals surface area contributed by atoms with E-state index in [4.69, 9.17) is 9.26 Å². The van der Waals surface area contributed by atoms with Crippen LogP contribution in [-0.2, 0) is 4.74 Å². The van der Waals surface area contributed by atoms with E-state index >= 15 is 0 Å². The molecule has 0 radical (unpaired) electrons. The third-order valence-electron chi connectivity index (χ3n) is 5.48. The van der Waals surface area contributed by atoms with Crippen molar-refractivity contribution in [2.75, 3.05) is 19.6 Å². The Morgan fingerprint density at radius 3 is 2.72 bits per heavy atom. The zero-order valence-corrected chi connectivity index (χ0v) is 16.9. The highest BCUT2D eigenvalue weighted by atomic mass is 16.6. The minimum absolute atomic E-state index is 0.229. The highest BCUT2D eigenvalue weighted by Crippen LogP contribution is 2.53. The lowest BCUT2D eigenvalue weighted by atomic mass is 10.2. The van der Waals surface area contributed by atoms with Crippen molar-refractivity contribution in [2.45, 2.75) is 32.8 Å². The Balaban J connectivity index is 1.19. The van der Waals surface area contributed by atoms with Crippen molar-refractivity contribution >= 4 is 12.0 Å². The fraction of sp³-hybridized carbons (Fsp3) is 0.524. The Morgan fingerprint density at radius 2 is 2.07 bits per heavy atom. The average Bonchev–Trinajstić information content (AvgIpc) is 3.09. The van der Waals surface area contributed by atoms with Crippen LogP contribution in [0.1, 0.15) is 37.7 Å². The normalized spacial score (nSPS) is 22.9. The molecule has 1 saturated heterocycles. The molecule has 3 atom stereocenters. The van der Waals surface area contributed by atoms with E-state index < -0.39 is 5.60 Å². The Labute approximate surface area is 169 Å². The molecule has 4 rings (SSSR count). The molecule has 1 unspecified atom stereocenters. The van der Waals surface area contributed by atoms with E-state index in [1.807, 2.05) is 26.8 Å². The van der Waals surface area contributed by atoms with Crippen molar-refractivity contribution in [1.29, 1.82) is 0 Å². The second-order valence-corrected chi connectivity index (χ2v) is 8.74. The van der Waals surface area contributed by atoms with Crippen LogP contribution in [0.15, 0.2) is 35.1 Å². The molecule has 2 aliphatic rings. The number of pyridine rings is 1. The summed E-state index contributed by atoms with van der Waals surface area (Å²) in [4.78, 5) is 30.2. The molecule has 3 heterocycles. The molecule has 0 spiro atoms. The van der Waals surface area contributed by atoms with Gasteiger partial charge < -0.3 is 19.5 Å². The molecular weight excluding hydrogens is 372 g/mol. The number of piperidine rings is 1. The zero-order chi connectivity index (χ0) is 20.6. The molecule has 2 aromatic rings. The summed E-state index contributed by atoms with van der Waals surface area (Å²) in [6.07, 6.45) is 4.01. The second-order valence-electron chi connectivity index (χ2n) is 8.74. The molecule has 2 aromatic heterocycles. The maximum atomic E-state index is 12.3. The number of aromatic nitrogens is 2. The first kappa shape index (κ1) is 19.4. The van der Waals surface area contributed by atoms with Crippen LogP contribution in [0.5, 0.6) is 0 Å². The van der Waals surface area contributed by atoms with Gasteiger partial charge in [0.05, 0.1) is 0 Å². The van der Waals surface area contributed by atoms with E-state index in [-0.39, 0.29) is 17.7 Å². The lowest BCUT2D eigenvalue weighted by molar-refractivity contribution is 0.0265. The van der Waals surface area contributed by atoms with Gasteiger partial charge in [-0.3, -0.25) is 9.78 Å². The first-order valence-electron chi connectivity index (χ1n) is 9.95. The second kappa shape index (κ2) is 7.50. The largest absolute Gasteiger partial charge is 0.444 e. The van der Waals surface area contributed by atoms with E-state index in [9.17, 15) is 9.59 Å². The van der Waals surface area contributed by atoms with E-state index in [0.717, 1.165) is 25.1 Å². The van der Waals surface area contributed by atoms with Crippen LogP contribution in [0.3, 0.4) is 0 Å². The lowest BCUT2D eigenvalue weighted by Crippen LogP contribution is -2.37. The molecule has 2 amide bonds. The molecule has 1 aliphatic carbocycles. The van der Waals surface area contributed by atoms with Crippen LogP contribution in [-0.4, -0.2) is 52.3 Å². The van der Waals surface area contributed by atoms with Crippen molar-refractivity contribution in [1.82, 2.24) is 20.4 Å². The number of hydrogen-bond donors (Lipinski definition) is 1. The number of fused-ring (bicyclic) bond motifs is 1. The van der Waals surface area contributed by atoms with E-state index in [0.29, 0.717) is 30.1 Å². The van der Waals surface area contributed by atoms with Crippen LogP contribution in [0.2, 0.25) is 0 Å². The van der Waals surface area contributed by atoms with Crippen LogP contribution in [0.25, 0.3) is 11.3 Å². The van der Waals surface area contributed by atoms with Crippen molar-refractivity contribution in [3.05, 3.63) is 36.3 Å². The van der Waals surface area contributed by atoms with Crippen LogP contribution in [0.4, 0.5) is 4.79 Å². The van der Waals surface area contributed by atoms with Crippen LogP contribution in [0, 0.1) is 17.8 Å². The van der Waals surface area contributed by atoms with Crippen molar-refractivity contribution in [2.24, 2.45) is 17.8 Å². The summed E-state index contributed by atoms with van der Waals surface area (Å²) < 4.78 is 10.7. The minimum atomic E-state index is -0.467. The molecule has 154 valence electrons. The Bertz CT molecular complexity index is 878. The Kier molecular flexibility index (Phi) is 5.02. The number of carbonyl (C=O) groups excluding carboxylic acids is 2. The standard InChI is InChI=1S/C21H26N4O4/c1-21(2,3)28-20(27)25-11-15-14(16(15)12-25)6-8-23-19(26)17-9-18(29-24-17)13-5-4-7-22-10-13/h4-5,7,9-10,14-16H,6,8,11-12H2,1-3H3,(H,23,26)/t14?,15-,16+. The van der Waals surface area contributed by atoms with Gasteiger partial charge in [0.15, 0.2) is 11.5 Å². The number of likely N-dealkylation sites (tertiary alicyclic amines) is 1. The van der Waals surface area contributed by atoms with Gasteiger partial charge in [0.2, 0.25) is 0 Å². The summed E-state index contributed by atoms with van der Waals surface area (Å²) in [5.74, 6) is 1.86. The predicted octanol–water partition coefficient (Wildman–Crippen LogP) is 2.97. The summed E-state index contributed by atoms with van der Waals surface area (Å²) in [6.45, 7) is 7.70. The first-order valence-corrected chi connectivity index (χ1v) is 9.95. The van der Waals surface area contributed by atoms with Gasteiger partial charge in [-0.1, -0.05) is 5.16 Å². The van der Waals surface area contributed by atoms with Gasteiger partial charge in [-0.05, 0) is 57.1 Å². The lowest BCUT2D eigenvalue weighted by Gasteiger charge is -2.25. The average molecular weight is 398 g/mol. The Morgan fingerprint density at radius 1 is 1.31 bits per heavy atom. The van der Waals surface area contributed by atoms with Gasteiger partial charge >= 0.3 is 6.09 Å². The monoisotopic (exact) mass is 398 g/mol. The molecular formula is C21H26N4O4. The zero-order valence-electron chi connectivity index (χ0n) is 16.9. The topological polar surface area (TPSA) is 97.6 Å². The summed E-state index contributed by atoms with van der Waals surface area (Å²) in [5.41, 5.74) is 0.571. The summed E-state index contributed by atoms with van der Waals surface area (Å²) in [7, 11) is 0. The van der Waals surface area contributed by atoms with Gasteiger partial charge in [0.25, 0.3) is 5.91 Å². The molecule has 1 N–H and O–H groups in total. The third-order valence-corrected chi connectivity index (χ3v) is 5.48. The molecule has 1 aliphatic heterocycles. The quantitative estimate of drug-likeness (QED) is 0.832. The number of ether oxygens (including phenoxy) is 1. The van der Waals surface area contributed by atoms with Gasteiger partial charge in [0.1, 0.15) is 5.60 Å². The van der Waals surface area contributed by atoms with Crippen LogP contribution >= 0.6 is 0 Å². The predicted molar refractivity (Wildman–Crippen MR) is 105 cm³/mol. The fourth-order valence-electron chi connectivity index (χ4n) is 4.02. The smallest absolute Gasteiger partial charge is 0.410 e.